The lowest BCUT2D eigenvalue weighted by Crippen LogP contribution is -2.30. The Morgan fingerprint density at radius 1 is 1.12 bits per heavy atom. The quantitative estimate of drug-likeness (QED) is 0.469. The van der Waals surface area contributed by atoms with Crippen molar-refractivity contribution in [1.82, 2.24) is 4.98 Å². The first-order chi connectivity index (χ1) is 10.5. The van der Waals surface area contributed by atoms with Crippen LogP contribution in [0.1, 0.15) is 5.82 Å². The Labute approximate surface area is 133 Å². The lowest BCUT2D eigenvalue weighted by Gasteiger charge is -2.22. The molecule has 0 amide bonds. The summed E-state index contributed by atoms with van der Waals surface area (Å²) >= 11 is 0. The van der Waals surface area contributed by atoms with E-state index in [1.54, 1.807) is 0 Å². The van der Waals surface area contributed by atoms with E-state index in [9.17, 15) is 43.2 Å². The minimum Gasteiger partial charge on any atom is -0.421 e. The molecular weight excluding hydrogens is 392 g/mol. The number of hydrogen-bond donors (Lipinski definition) is 1. The predicted molar refractivity (Wildman–Crippen MR) is 69.2 cm³/mol. The average Bonchev–Trinajstić information content (AvgIpc) is 2.72. The molecule has 1 heterocycles. The maximum atomic E-state index is 11.4. The summed E-state index contributed by atoms with van der Waals surface area (Å²) in [5, 5.41) is 0. The van der Waals surface area contributed by atoms with Crippen molar-refractivity contribution >= 4 is 20.0 Å². The van der Waals surface area contributed by atoms with Crippen LogP contribution in [0.3, 0.4) is 0 Å². The molecule has 0 bridgehead atoms. The molecule has 0 atom stereocenters. The van der Waals surface area contributed by atoms with Crippen molar-refractivity contribution in [3.05, 3.63) is 35.0 Å². The lowest BCUT2D eigenvalue weighted by atomic mass is 10.4. The van der Waals surface area contributed by atoms with E-state index in [0.717, 1.165) is 10.5 Å². The molecule has 1 rings (SSSR count). The summed E-state index contributed by atoms with van der Waals surface area (Å²) in [6, 6.07) is 0. The highest BCUT2D eigenvalue weighted by molar-refractivity contribution is 8.13. The summed E-state index contributed by atoms with van der Waals surface area (Å²) in [6.07, 6.45) is 6.69. The molecule has 7 nitrogen and oxygen atoms in total. The molecule has 0 aliphatic rings. The molecule has 0 unspecified atom stereocenters. The van der Waals surface area contributed by atoms with E-state index in [0.29, 0.717) is 0 Å². The summed E-state index contributed by atoms with van der Waals surface area (Å²) in [4.78, 5) is 3.10. The van der Waals surface area contributed by atoms with E-state index in [1.165, 1.54) is 5.82 Å². The van der Waals surface area contributed by atoms with Gasteiger partial charge in [0.25, 0.3) is 5.82 Å². The molecule has 1 N–H and O–H groups in total. The van der Waals surface area contributed by atoms with Crippen LogP contribution in [-0.2, 0) is 33.5 Å². The Morgan fingerprint density at radius 2 is 1.54 bits per heavy atom. The summed E-state index contributed by atoms with van der Waals surface area (Å²) < 4.78 is 111. The van der Waals surface area contributed by atoms with Crippen LogP contribution in [0.2, 0.25) is 0 Å². The summed E-state index contributed by atoms with van der Waals surface area (Å²) in [5.41, 5.74) is -12.4. The van der Waals surface area contributed by atoms with Gasteiger partial charge in [0, 0.05) is 0 Å². The first-order valence-electron chi connectivity index (χ1n) is 5.55. The van der Waals surface area contributed by atoms with Gasteiger partial charge in [-0.25, -0.2) is 26.4 Å². The molecule has 0 spiro atoms. The third-order valence-electron chi connectivity index (χ3n) is 2.09. The van der Waals surface area contributed by atoms with Crippen LogP contribution >= 0.6 is 0 Å². The normalized spacial score (nSPS) is 13.1. The minimum absolute atomic E-state index is 0.778. The van der Waals surface area contributed by atoms with Crippen LogP contribution in [0.25, 0.3) is 4.13 Å². The summed E-state index contributed by atoms with van der Waals surface area (Å²) in [7, 11) is -11.4. The molecule has 24 heavy (non-hydrogen) atoms. The third kappa shape index (κ3) is 6.12. The van der Waals surface area contributed by atoms with Gasteiger partial charge in [-0.3, -0.25) is 0 Å². The van der Waals surface area contributed by atoms with Gasteiger partial charge in [-0.1, -0.05) is 6.08 Å². The Kier molecular flexibility index (Phi) is 7.01. The second kappa shape index (κ2) is 7.52. The van der Waals surface area contributed by atoms with Gasteiger partial charge in [0.1, 0.15) is 12.4 Å². The lowest BCUT2D eigenvalue weighted by molar-refractivity contribution is -0.677. The van der Waals surface area contributed by atoms with Crippen molar-refractivity contribution in [2.24, 2.45) is 7.05 Å². The number of hydrogen-bond acceptors (Lipinski definition) is 4. The summed E-state index contributed by atoms with van der Waals surface area (Å²) in [6.45, 7) is 3.64. The Balaban J connectivity index is 0.000000496. The number of halogens is 6. The molecule has 0 fully saturated rings. The first-order valence-corrected chi connectivity index (χ1v) is 8.43. The number of alkyl halides is 6. The van der Waals surface area contributed by atoms with Gasteiger partial charge in [-0.2, -0.15) is 26.3 Å². The predicted octanol–water partition coefficient (Wildman–Crippen LogP) is 1.63. The Morgan fingerprint density at radius 3 is 1.79 bits per heavy atom. The van der Waals surface area contributed by atoms with Gasteiger partial charge < -0.3 is 4.13 Å². The second-order valence-corrected chi connectivity index (χ2v) is 7.35. The van der Waals surface area contributed by atoms with Crippen molar-refractivity contribution in [2.75, 3.05) is 0 Å². The highest BCUT2D eigenvalue weighted by Crippen LogP contribution is 2.36. The number of imidazole rings is 1. The fourth-order valence-electron chi connectivity index (χ4n) is 0.990. The van der Waals surface area contributed by atoms with Gasteiger partial charge in [0.2, 0.25) is 0 Å². The summed E-state index contributed by atoms with van der Waals surface area (Å²) in [5.74, 6) is 1.19. The molecule has 140 valence electrons. The number of allylic oxidation sites excluding steroid dienone is 1. The van der Waals surface area contributed by atoms with E-state index in [1.807, 2.05) is 30.1 Å². The molecule has 0 aromatic carbocycles. The number of sulfonamides is 2. The van der Waals surface area contributed by atoms with Crippen LogP contribution in [0, 0.1) is 0 Å². The van der Waals surface area contributed by atoms with E-state index in [4.69, 9.17) is 0 Å². The number of H-pyrrole nitrogens is 1. The molecule has 0 saturated carbocycles. The van der Waals surface area contributed by atoms with Crippen LogP contribution in [0.15, 0.2) is 25.0 Å². The molecule has 0 radical (unpaired) electrons. The smallest absolute Gasteiger partial charge is 0.421 e. The van der Waals surface area contributed by atoms with E-state index < -0.39 is 31.1 Å². The molecule has 1 aromatic heterocycles. The van der Waals surface area contributed by atoms with Gasteiger partial charge in [-0.15, -0.1) is 6.58 Å². The number of aryl methyl sites for hydroxylation is 1. The minimum atomic E-state index is -6.72. The highest BCUT2D eigenvalue weighted by atomic mass is 32.3. The van der Waals surface area contributed by atoms with Crippen molar-refractivity contribution in [1.29, 1.82) is 0 Å². The highest BCUT2D eigenvalue weighted by Gasteiger charge is 2.46. The van der Waals surface area contributed by atoms with Gasteiger partial charge in [0.15, 0.2) is 20.0 Å². The molecule has 1 aromatic rings. The first kappa shape index (κ1) is 22.4. The maximum Gasteiger partial charge on any atom is 0.480 e. The second-order valence-electron chi connectivity index (χ2n) is 3.93. The van der Waals surface area contributed by atoms with Gasteiger partial charge in [-0.05, 0) is 0 Å². The number of nitrogens with zero attached hydrogens (tertiary/aromatic N) is 2. The zero-order valence-corrected chi connectivity index (χ0v) is 13.4. The zero-order valence-electron chi connectivity index (χ0n) is 11.8. The largest absolute Gasteiger partial charge is 0.480 e. The van der Waals surface area contributed by atoms with E-state index in [-0.39, 0.29) is 0 Å². The molecule has 15 heteroatoms. The van der Waals surface area contributed by atoms with Crippen LogP contribution < -0.4 is 4.57 Å². The van der Waals surface area contributed by atoms with Crippen molar-refractivity contribution in [3.8, 4) is 0 Å². The Hall–Kier alpha value is -1.61. The van der Waals surface area contributed by atoms with Crippen molar-refractivity contribution < 1.29 is 47.7 Å². The number of rotatable bonds is 4. The Bertz CT molecular complexity index is 722. The fraction of sp³-hybridized carbons (Fsp3) is 0.444. The average molecular weight is 403 g/mol. The zero-order chi connectivity index (χ0) is 19.4. The van der Waals surface area contributed by atoms with Crippen molar-refractivity contribution in [3.63, 3.8) is 0 Å². The monoisotopic (exact) mass is 403 g/mol. The standard InChI is InChI=1S/C7H10N2.C2F6NO4S2/c1-3-4-7-8-5-6-9(7)2;3-1(4,5)14(10,11)9-15(12,13)2(6,7)8/h3,5-6H,1,4H2,2H3;/q;-1/p+1. The number of aromatic amines is 1. The van der Waals surface area contributed by atoms with E-state index in [2.05, 4.69) is 11.6 Å². The van der Waals surface area contributed by atoms with Crippen LogP contribution in [-0.4, -0.2) is 32.8 Å². The van der Waals surface area contributed by atoms with Crippen LogP contribution in [0.5, 0.6) is 0 Å². The topological polar surface area (TPSA) is 102 Å². The molecule has 0 aliphatic heterocycles. The van der Waals surface area contributed by atoms with Crippen molar-refractivity contribution in [2.45, 2.75) is 17.4 Å². The fourth-order valence-corrected chi connectivity index (χ4v) is 2.70. The molecule has 0 aliphatic carbocycles. The van der Waals surface area contributed by atoms with Gasteiger partial charge in [0.05, 0.1) is 13.5 Å². The number of nitrogens with one attached hydrogen (secondary N) is 1. The van der Waals surface area contributed by atoms with E-state index >= 15 is 0 Å². The van der Waals surface area contributed by atoms with Gasteiger partial charge >= 0.3 is 11.0 Å². The maximum absolute atomic E-state index is 11.4. The number of aromatic nitrogens is 2. The van der Waals surface area contributed by atoms with Crippen LogP contribution in [0.4, 0.5) is 26.3 Å². The molecule has 0 saturated heterocycles. The third-order valence-corrected chi connectivity index (χ3v) is 4.83. The SMILES string of the molecule is C=CCc1[nH]cc[n+]1C.O=S(=O)([N-]S(=O)(=O)C(F)(F)F)C(F)(F)F. The molecular formula is C9H11F6N3O4S2.